The van der Waals surface area contributed by atoms with Gasteiger partial charge in [0.1, 0.15) is 11.3 Å². The van der Waals surface area contributed by atoms with Crippen molar-refractivity contribution in [2.24, 2.45) is 0 Å². The minimum atomic E-state index is -0.472. The highest BCUT2D eigenvalue weighted by Crippen LogP contribution is 2.29. The molecule has 1 heterocycles. The summed E-state index contributed by atoms with van der Waals surface area (Å²) in [4.78, 5) is 22.8. The number of rotatable bonds is 6. The summed E-state index contributed by atoms with van der Waals surface area (Å²) in [6, 6.07) is 10.2. The van der Waals surface area contributed by atoms with Crippen LogP contribution < -0.4 is 4.74 Å². The number of hydrogen-bond acceptors (Lipinski definition) is 5. The molecule has 0 radical (unpaired) electrons. The maximum Gasteiger partial charge on any atom is 0.341 e. The van der Waals surface area contributed by atoms with E-state index >= 15 is 0 Å². The molecular formula is C20H20N2O5. The van der Waals surface area contributed by atoms with Crippen LogP contribution in [0.1, 0.15) is 28.4 Å². The summed E-state index contributed by atoms with van der Waals surface area (Å²) >= 11 is 0. The SMILES string of the molecule is CCn1cc(Cc2ccc(OC)c(C(=O)OC)c2)c2cc([N+](=O)[O-])ccc21. The Morgan fingerprint density at radius 2 is 1.96 bits per heavy atom. The van der Waals surface area contributed by atoms with Crippen LogP contribution in [-0.2, 0) is 17.7 Å². The van der Waals surface area contributed by atoms with E-state index in [-0.39, 0.29) is 5.69 Å². The van der Waals surface area contributed by atoms with Crippen molar-refractivity contribution in [3.63, 3.8) is 0 Å². The molecule has 0 fully saturated rings. The standard InChI is InChI=1S/C20H20N2O5/c1-4-21-12-14(16-11-15(22(24)25)6-7-18(16)21)9-13-5-8-19(26-2)17(10-13)20(23)27-3/h5-8,10-12H,4,9H2,1-3H3. The third kappa shape index (κ3) is 3.48. The minimum Gasteiger partial charge on any atom is -0.496 e. The van der Waals surface area contributed by atoms with Crippen molar-refractivity contribution in [3.05, 3.63) is 69.4 Å². The van der Waals surface area contributed by atoms with Crippen LogP contribution in [0.4, 0.5) is 5.69 Å². The highest BCUT2D eigenvalue weighted by molar-refractivity contribution is 5.93. The Balaban J connectivity index is 2.07. The average Bonchev–Trinajstić information content (AvgIpc) is 3.04. The number of hydrogen-bond donors (Lipinski definition) is 0. The van der Waals surface area contributed by atoms with Gasteiger partial charge in [-0.15, -0.1) is 0 Å². The van der Waals surface area contributed by atoms with Crippen LogP contribution in [0.3, 0.4) is 0 Å². The number of carbonyl (C=O) groups is 1. The first kappa shape index (κ1) is 18.4. The fourth-order valence-electron chi connectivity index (χ4n) is 3.23. The Morgan fingerprint density at radius 1 is 1.19 bits per heavy atom. The molecule has 0 spiro atoms. The molecule has 0 N–H and O–H groups in total. The maximum atomic E-state index is 12.0. The molecule has 0 aliphatic heterocycles. The number of nitro benzene ring substituents is 1. The zero-order chi connectivity index (χ0) is 19.6. The number of aromatic nitrogens is 1. The maximum absolute atomic E-state index is 12.0. The second-order valence-electron chi connectivity index (χ2n) is 6.10. The summed E-state index contributed by atoms with van der Waals surface area (Å²) in [6.07, 6.45) is 2.52. The normalized spacial score (nSPS) is 10.8. The molecule has 0 atom stereocenters. The molecule has 7 nitrogen and oxygen atoms in total. The predicted octanol–water partition coefficient (Wildman–Crippen LogP) is 3.96. The van der Waals surface area contributed by atoms with E-state index in [2.05, 4.69) is 4.57 Å². The summed E-state index contributed by atoms with van der Waals surface area (Å²) in [7, 11) is 2.82. The van der Waals surface area contributed by atoms with Crippen LogP contribution in [-0.4, -0.2) is 29.7 Å². The largest absolute Gasteiger partial charge is 0.496 e. The Hall–Kier alpha value is -3.35. The lowest BCUT2D eigenvalue weighted by Gasteiger charge is -2.09. The Morgan fingerprint density at radius 3 is 2.59 bits per heavy atom. The molecule has 140 valence electrons. The second kappa shape index (κ2) is 7.49. The molecule has 7 heteroatoms. The molecule has 0 unspecified atom stereocenters. The number of nitro groups is 1. The molecule has 3 aromatic rings. The van der Waals surface area contributed by atoms with Crippen LogP contribution in [0, 0.1) is 10.1 Å². The third-order valence-electron chi connectivity index (χ3n) is 4.56. The lowest BCUT2D eigenvalue weighted by Crippen LogP contribution is -2.05. The number of ether oxygens (including phenoxy) is 2. The van der Waals surface area contributed by atoms with E-state index in [4.69, 9.17) is 9.47 Å². The highest BCUT2D eigenvalue weighted by atomic mass is 16.6. The van der Waals surface area contributed by atoms with E-state index in [0.29, 0.717) is 17.7 Å². The summed E-state index contributed by atoms with van der Waals surface area (Å²) in [6.45, 7) is 2.78. The van der Waals surface area contributed by atoms with Gasteiger partial charge in [-0.3, -0.25) is 10.1 Å². The van der Waals surface area contributed by atoms with Gasteiger partial charge in [0.2, 0.25) is 0 Å². The molecule has 0 bridgehead atoms. The third-order valence-corrected chi connectivity index (χ3v) is 4.56. The van der Waals surface area contributed by atoms with Gasteiger partial charge in [-0.25, -0.2) is 4.79 Å². The van der Waals surface area contributed by atoms with E-state index in [1.807, 2.05) is 19.2 Å². The van der Waals surface area contributed by atoms with Gasteiger partial charge in [0, 0.05) is 35.8 Å². The van der Waals surface area contributed by atoms with Gasteiger partial charge in [-0.05, 0) is 42.7 Å². The van der Waals surface area contributed by atoms with E-state index in [1.54, 1.807) is 24.3 Å². The smallest absolute Gasteiger partial charge is 0.341 e. The first-order valence-corrected chi connectivity index (χ1v) is 8.49. The summed E-state index contributed by atoms with van der Waals surface area (Å²) in [5.74, 6) is -0.0300. The number of fused-ring (bicyclic) bond motifs is 1. The van der Waals surface area contributed by atoms with Crippen molar-refractivity contribution in [1.29, 1.82) is 0 Å². The summed E-state index contributed by atoms with van der Waals surface area (Å²) < 4.78 is 12.1. The van der Waals surface area contributed by atoms with Crippen molar-refractivity contribution in [1.82, 2.24) is 4.57 Å². The molecule has 0 amide bonds. The number of benzene rings is 2. The van der Waals surface area contributed by atoms with E-state index in [9.17, 15) is 14.9 Å². The zero-order valence-electron chi connectivity index (χ0n) is 15.4. The summed E-state index contributed by atoms with van der Waals surface area (Å²) in [5.41, 5.74) is 3.19. The van der Waals surface area contributed by atoms with Crippen molar-refractivity contribution in [2.75, 3.05) is 14.2 Å². The number of methoxy groups -OCH3 is 2. The Kier molecular flexibility index (Phi) is 5.12. The van der Waals surface area contributed by atoms with Crippen LogP contribution in [0.5, 0.6) is 5.75 Å². The van der Waals surface area contributed by atoms with Crippen LogP contribution in [0.25, 0.3) is 10.9 Å². The number of non-ortho nitro benzene ring substituents is 1. The predicted molar refractivity (Wildman–Crippen MR) is 101 cm³/mol. The van der Waals surface area contributed by atoms with Crippen molar-refractivity contribution < 1.29 is 19.2 Å². The quantitative estimate of drug-likeness (QED) is 0.374. The van der Waals surface area contributed by atoms with E-state index in [0.717, 1.165) is 28.6 Å². The number of nitrogens with zero attached hydrogens (tertiary/aromatic N) is 2. The van der Waals surface area contributed by atoms with Crippen molar-refractivity contribution in [2.45, 2.75) is 19.9 Å². The van der Waals surface area contributed by atoms with Gasteiger partial charge in [0.25, 0.3) is 5.69 Å². The van der Waals surface area contributed by atoms with Crippen LogP contribution in [0.15, 0.2) is 42.6 Å². The number of esters is 1. The van der Waals surface area contributed by atoms with Crippen molar-refractivity contribution >= 4 is 22.6 Å². The van der Waals surface area contributed by atoms with E-state index in [1.165, 1.54) is 20.3 Å². The molecule has 0 aliphatic carbocycles. The van der Waals surface area contributed by atoms with E-state index < -0.39 is 10.9 Å². The second-order valence-corrected chi connectivity index (χ2v) is 6.10. The molecule has 1 aromatic heterocycles. The Bertz CT molecular complexity index is 1020. The van der Waals surface area contributed by atoms with Crippen LogP contribution in [0.2, 0.25) is 0 Å². The first-order valence-electron chi connectivity index (χ1n) is 8.49. The monoisotopic (exact) mass is 368 g/mol. The lowest BCUT2D eigenvalue weighted by atomic mass is 10.0. The molecule has 0 aliphatic rings. The number of aryl methyl sites for hydroxylation is 1. The molecule has 27 heavy (non-hydrogen) atoms. The van der Waals surface area contributed by atoms with Gasteiger partial charge in [-0.1, -0.05) is 6.07 Å². The molecule has 3 rings (SSSR count). The zero-order valence-corrected chi connectivity index (χ0v) is 15.4. The molecule has 0 saturated heterocycles. The fraction of sp³-hybridized carbons (Fsp3) is 0.250. The molecule has 2 aromatic carbocycles. The Labute approximate surface area is 156 Å². The van der Waals surface area contributed by atoms with Gasteiger partial charge in [0.15, 0.2) is 0 Å². The summed E-state index contributed by atoms with van der Waals surface area (Å²) in [5, 5.41) is 12.0. The van der Waals surface area contributed by atoms with Gasteiger partial charge in [-0.2, -0.15) is 0 Å². The highest BCUT2D eigenvalue weighted by Gasteiger charge is 2.16. The van der Waals surface area contributed by atoms with Gasteiger partial charge < -0.3 is 14.0 Å². The average molecular weight is 368 g/mol. The first-order chi connectivity index (χ1) is 13.0. The van der Waals surface area contributed by atoms with Gasteiger partial charge >= 0.3 is 5.97 Å². The minimum absolute atomic E-state index is 0.0579. The van der Waals surface area contributed by atoms with Crippen molar-refractivity contribution in [3.8, 4) is 5.75 Å². The lowest BCUT2D eigenvalue weighted by molar-refractivity contribution is -0.384. The fourth-order valence-corrected chi connectivity index (χ4v) is 3.23. The van der Waals surface area contributed by atoms with Crippen LogP contribution >= 0.6 is 0 Å². The molecular weight excluding hydrogens is 348 g/mol. The molecule has 0 saturated carbocycles. The van der Waals surface area contributed by atoms with Gasteiger partial charge in [0.05, 0.1) is 19.1 Å². The topological polar surface area (TPSA) is 83.6 Å². The number of carbonyl (C=O) groups excluding carboxylic acids is 1.